The van der Waals surface area contributed by atoms with Crippen molar-refractivity contribution in [1.29, 1.82) is 0 Å². The molecule has 1 aromatic carbocycles. The van der Waals surface area contributed by atoms with Gasteiger partial charge < -0.3 is 10.2 Å². The van der Waals surface area contributed by atoms with Crippen LogP contribution in [0.3, 0.4) is 0 Å². The second-order valence-electron chi connectivity index (χ2n) is 4.94. The highest BCUT2D eigenvalue weighted by Gasteiger charge is 2.20. The molecule has 0 heterocycles. The average Bonchev–Trinajstić information content (AvgIpc) is 2.62. The van der Waals surface area contributed by atoms with Crippen LogP contribution in [0, 0.1) is 0 Å². The summed E-state index contributed by atoms with van der Waals surface area (Å²) < 4.78 is 0. The van der Waals surface area contributed by atoms with Gasteiger partial charge in [0.1, 0.15) is 21.4 Å². The molecule has 27 heavy (non-hydrogen) atoms. The summed E-state index contributed by atoms with van der Waals surface area (Å²) in [5.74, 6) is 2.28. The summed E-state index contributed by atoms with van der Waals surface area (Å²) in [6.07, 6.45) is 0.624. The Bertz CT molecular complexity index is 894. The Balaban J connectivity index is 2.79. The molecule has 1 aromatic rings. The zero-order valence-electron chi connectivity index (χ0n) is 13.9. The maximum atomic E-state index is 11.9. The lowest BCUT2D eigenvalue weighted by atomic mass is 9.83. The van der Waals surface area contributed by atoms with E-state index in [1.807, 2.05) is 0 Å². The molecule has 4 radical (unpaired) electrons. The number of carbonyl (C=O) groups is 2. The molecule has 1 atom stereocenters. The van der Waals surface area contributed by atoms with E-state index in [0.29, 0.717) is 5.56 Å². The zero-order chi connectivity index (χ0) is 20.2. The van der Waals surface area contributed by atoms with Crippen LogP contribution in [-0.2, 0) is 20.9 Å². The second-order valence-corrected chi connectivity index (χ2v) is 4.94. The first kappa shape index (κ1) is 21.7. The zero-order valence-corrected chi connectivity index (χ0v) is 13.9. The Labute approximate surface area is 157 Å². The fourth-order valence-corrected chi connectivity index (χ4v) is 1.72. The minimum Gasteiger partial charge on any atom is -0.509 e. The van der Waals surface area contributed by atoms with Gasteiger partial charge in [-0.3, -0.25) is 14.8 Å². The van der Waals surface area contributed by atoms with Crippen LogP contribution in [0.2, 0.25) is 0 Å². The molecule has 10 heteroatoms. The summed E-state index contributed by atoms with van der Waals surface area (Å²) in [5, 5.41) is 26.8. The summed E-state index contributed by atoms with van der Waals surface area (Å²) in [4.78, 5) is 33.1. The van der Waals surface area contributed by atoms with E-state index in [-0.39, 0.29) is 29.5 Å². The third kappa shape index (κ3) is 8.06. The van der Waals surface area contributed by atoms with Crippen molar-refractivity contribution in [3.05, 3.63) is 41.4 Å². The molecular formula is C17H12B2N2O6. The molecule has 0 saturated carbocycles. The van der Waals surface area contributed by atoms with E-state index in [2.05, 4.69) is 38.1 Å². The highest BCUT2D eigenvalue weighted by molar-refractivity contribution is 6.41. The molecule has 3 N–H and O–H groups in total. The van der Waals surface area contributed by atoms with Gasteiger partial charge in [0.25, 0.3) is 5.91 Å². The third-order valence-corrected chi connectivity index (χ3v) is 2.92. The molecule has 0 spiro atoms. The second kappa shape index (κ2) is 11.3. The van der Waals surface area contributed by atoms with Gasteiger partial charge in [-0.05, 0) is 17.4 Å². The lowest BCUT2D eigenvalue weighted by molar-refractivity contribution is -0.270. The van der Waals surface area contributed by atoms with Gasteiger partial charge in [-0.1, -0.05) is 28.8 Å². The van der Waals surface area contributed by atoms with Gasteiger partial charge in [0.05, 0.1) is 12.6 Å². The maximum absolute atomic E-state index is 11.9. The molecule has 1 amide bonds. The van der Waals surface area contributed by atoms with Crippen molar-refractivity contribution >= 4 is 50.2 Å². The normalized spacial score (nSPS) is 10.3. The van der Waals surface area contributed by atoms with Crippen molar-refractivity contribution in [1.82, 2.24) is 0 Å². The topological polar surface area (TPSA) is 129 Å². The Hall–Kier alpha value is -3.33. The summed E-state index contributed by atoms with van der Waals surface area (Å²) in [6.45, 7) is 0. The van der Waals surface area contributed by atoms with Gasteiger partial charge in [0, 0.05) is 18.2 Å². The fraction of sp³-hybridized carbons (Fsp3) is 0.176. The van der Waals surface area contributed by atoms with E-state index in [0.717, 1.165) is 6.20 Å². The predicted molar refractivity (Wildman–Crippen MR) is 98.4 cm³/mol. The fourth-order valence-electron chi connectivity index (χ4n) is 1.72. The molecule has 8 nitrogen and oxygen atoms in total. The largest absolute Gasteiger partial charge is 0.509 e. The first-order chi connectivity index (χ1) is 12.8. The highest BCUT2D eigenvalue weighted by atomic mass is 17.1. The van der Waals surface area contributed by atoms with Crippen LogP contribution in [0.5, 0.6) is 5.75 Å². The summed E-state index contributed by atoms with van der Waals surface area (Å²) >= 11 is 0. The monoisotopic (exact) mass is 362 g/mol. The quantitative estimate of drug-likeness (QED) is 0.190. The van der Waals surface area contributed by atoms with Crippen LogP contribution in [0.15, 0.2) is 45.9 Å². The molecule has 0 fully saturated rings. The van der Waals surface area contributed by atoms with Crippen LogP contribution in [0.4, 0.5) is 0 Å². The van der Waals surface area contributed by atoms with Crippen LogP contribution < -0.4 is 10.9 Å². The number of carboxylic acids is 1. The van der Waals surface area contributed by atoms with Gasteiger partial charge in [0.15, 0.2) is 6.10 Å². The van der Waals surface area contributed by atoms with Crippen molar-refractivity contribution < 1.29 is 29.9 Å². The summed E-state index contributed by atoms with van der Waals surface area (Å²) in [6, 6.07) is 2.76. The van der Waals surface area contributed by atoms with Crippen molar-refractivity contribution in [3.8, 4) is 5.75 Å². The van der Waals surface area contributed by atoms with Crippen molar-refractivity contribution in [2.75, 3.05) is 0 Å². The van der Waals surface area contributed by atoms with Gasteiger partial charge in [-0.25, -0.2) is 4.89 Å². The van der Waals surface area contributed by atoms with Crippen molar-refractivity contribution in [2.24, 2.45) is 9.98 Å². The van der Waals surface area contributed by atoms with E-state index >= 15 is 0 Å². The number of benzene rings is 1. The van der Waals surface area contributed by atoms with Gasteiger partial charge in [0.2, 0.25) is 0 Å². The summed E-state index contributed by atoms with van der Waals surface area (Å²) in [7, 11) is 11.1. The smallest absolute Gasteiger partial charge is 0.307 e. The molecule has 0 aliphatic heterocycles. The number of hydrogen-bond acceptors (Lipinski definition) is 6. The van der Waals surface area contributed by atoms with E-state index < -0.39 is 18.0 Å². The molecule has 0 bridgehead atoms. The molecular weight excluding hydrogens is 350 g/mol. The Morgan fingerprint density at radius 1 is 1.22 bits per heavy atom. The molecule has 0 aliphatic rings. The number of nitrogens with zero attached hydrogens (tertiary/aromatic N) is 2. The van der Waals surface area contributed by atoms with Crippen LogP contribution >= 0.6 is 0 Å². The Kier molecular flexibility index (Phi) is 9.10. The first-order valence-corrected chi connectivity index (χ1v) is 7.32. The number of aromatic hydroxyl groups is 1. The number of carboxylic acid groups (broad SMARTS) is 1. The number of aliphatic imine (C=N–C) groups is 2. The van der Waals surface area contributed by atoms with Gasteiger partial charge >= 0.3 is 5.97 Å². The van der Waals surface area contributed by atoms with E-state index in [9.17, 15) is 14.7 Å². The standard InChI is InChI=1S/C17H12B2N2O6/c18-12-8-11(9-13(19)16(12)24)10-14(27-26)17(25)21-7-3-6-20-5-2-1-4-15(22)23/h1,6,8-9,14,24,26H,4,10H2,(H,22,23)/t14-/m1/s1. The third-order valence-electron chi connectivity index (χ3n) is 2.92. The van der Waals surface area contributed by atoms with E-state index in [1.54, 1.807) is 0 Å². The molecule has 0 aliphatic carbocycles. The molecule has 0 aromatic heterocycles. The van der Waals surface area contributed by atoms with E-state index in [4.69, 9.17) is 26.1 Å². The average molecular weight is 362 g/mol. The van der Waals surface area contributed by atoms with Gasteiger partial charge in [-0.15, -0.1) is 0 Å². The van der Waals surface area contributed by atoms with Crippen LogP contribution in [-0.4, -0.2) is 60.9 Å². The number of hydrogen-bond donors (Lipinski definition) is 3. The van der Waals surface area contributed by atoms with Crippen molar-refractivity contribution in [2.45, 2.75) is 18.9 Å². The highest BCUT2D eigenvalue weighted by Crippen LogP contribution is 2.08. The minimum atomic E-state index is -1.34. The molecule has 132 valence electrons. The lowest BCUT2D eigenvalue weighted by Gasteiger charge is -2.12. The molecule has 0 saturated heterocycles. The molecule has 1 rings (SSSR count). The maximum Gasteiger partial charge on any atom is 0.307 e. The number of aliphatic carboxylic acids is 1. The number of phenolic OH excluding ortho intramolecular Hbond substituents is 1. The Morgan fingerprint density at radius 3 is 2.48 bits per heavy atom. The molecule has 0 unspecified atom stereocenters. The minimum absolute atomic E-state index is 0.0174. The number of phenols is 1. The van der Waals surface area contributed by atoms with Gasteiger partial charge in [-0.2, -0.15) is 9.98 Å². The first-order valence-electron chi connectivity index (χ1n) is 7.32. The van der Waals surface area contributed by atoms with Crippen molar-refractivity contribution in [3.63, 3.8) is 0 Å². The number of rotatable bonds is 7. The van der Waals surface area contributed by atoms with Crippen LogP contribution in [0.25, 0.3) is 0 Å². The Morgan fingerprint density at radius 2 is 1.89 bits per heavy atom. The number of amides is 1. The van der Waals surface area contributed by atoms with Crippen LogP contribution in [0.1, 0.15) is 12.0 Å². The predicted octanol–water partition coefficient (Wildman–Crippen LogP) is -0.899. The van der Waals surface area contributed by atoms with E-state index in [1.165, 1.54) is 18.2 Å². The lowest BCUT2D eigenvalue weighted by Crippen LogP contribution is -2.26. The SMILES string of the molecule is [B]c1cc(C[C@@H](OO)C(=O)N=C=C=CN=C=C=CCC(=O)O)cc([B])c1O. The summed E-state index contributed by atoms with van der Waals surface area (Å²) in [5.41, 5.74) is 5.16. The number of carbonyl (C=O) groups excluding carboxylic acids is 1.